The van der Waals surface area contributed by atoms with E-state index < -0.39 is 8.07 Å². The number of para-hydroxylation sites is 4. The van der Waals surface area contributed by atoms with Gasteiger partial charge in [-0.25, -0.2) is 0 Å². The van der Waals surface area contributed by atoms with Crippen molar-refractivity contribution in [1.82, 2.24) is 13.7 Å². The molecule has 4 aromatic heterocycles. The predicted octanol–water partition coefficient (Wildman–Crippen LogP) is 17.6. The Morgan fingerprint density at radius 2 is 0.735 bits per heavy atom. The average Bonchev–Trinajstić information content (AvgIpc) is 2.65. The van der Waals surface area contributed by atoms with Gasteiger partial charge in [0.05, 0.1) is 38.8 Å². The number of rotatable bonds is 9. The number of hydrogen-bond donors (Lipinski definition) is 0. The first-order chi connectivity index (χ1) is 41.2. The topological polar surface area (TPSA) is 27.9 Å². The third kappa shape index (κ3) is 7.05. The zero-order valence-electron chi connectivity index (χ0n) is 45.2. The van der Waals surface area contributed by atoms with Gasteiger partial charge in [0.15, 0.2) is 8.07 Å². The molecule has 5 heteroatoms. The lowest BCUT2D eigenvalue weighted by atomic mass is 9.96. The van der Waals surface area contributed by atoms with Crippen molar-refractivity contribution in [2.45, 2.75) is 0 Å². The van der Waals surface area contributed by atoms with E-state index in [4.69, 9.17) is 4.42 Å². The summed E-state index contributed by atoms with van der Waals surface area (Å²) in [6.45, 7) is 0. The molecule has 0 amide bonds. The maximum atomic E-state index is 6.69. The number of furan rings is 1. The lowest BCUT2D eigenvalue weighted by Gasteiger charge is -2.35. The molecule has 0 saturated carbocycles. The van der Waals surface area contributed by atoms with Crippen LogP contribution >= 0.6 is 0 Å². The second-order valence-corrected chi connectivity index (χ2v) is 25.7. The summed E-state index contributed by atoms with van der Waals surface area (Å²) in [4.78, 5) is 0. The molecule has 388 valence electrons. The van der Waals surface area contributed by atoms with E-state index in [0.717, 1.165) is 66.7 Å². The van der Waals surface area contributed by atoms with Crippen molar-refractivity contribution in [3.05, 3.63) is 309 Å². The Balaban J connectivity index is 0.904. The third-order valence-corrected chi connectivity index (χ3v) is 22.4. The first-order valence-corrected chi connectivity index (χ1v) is 30.6. The van der Waals surface area contributed by atoms with Crippen LogP contribution in [0.4, 0.5) is 0 Å². The minimum Gasteiger partial charge on any atom is -0.456 e. The number of fused-ring (bicyclic) bond motifs is 12. The van der Waals surface area contributed by atoms with Crippen molar-refractivity contribution in [2.24, 2.45) is 0 Å². The Bertz CT molecular complexity index is 5300. The summed E-state index contributed by atoms with van der Waals surface area (Å²) in [7, 11) is -3.20. The van der Waals surface area contributed by atoms with E-state index in [-0.39, 0.29) is 0 Å². The summed E-state index contributed by atoms with van der Waals surface area (Å²) in [6.07, 6.45) is 0. The Hall–Kier alpha value is -10.7. The van der Waals surface area contributed by atoms with Crippen LogP contribution in [0.25, 0.3) is 127 Å². The molecule has 17 aromatic rings. The summed E-state index contributed by atoms with van der Waals surface area (Å²) in [6, 6.07) is 115. The highest BCUT2D eigenvalue weighted by molar-refractivity contribution is 7.20. The Morgan fingerprint density at radius 1 is 0.253 bits per heavy atom. The summed E-state index contributed by atoms with van der Waals surface area (Å²) in [5.74, 6) is 0. The van der Waals surface area contributed by atoms with Gasteiger partial charge in [-0.05, 0) is 128 Å². The molecular weight excluding hydrogens is 1020 g/mol. The van der Waals surface area contributed by atoms with Crippen LogP contribution in [0.5, 0.6) is 0 Å². The van der Waals surface area contributed by atoms with Crippen molar-refractivity contribution in [1.29, 1.82) is 0 Å². The van der Waals surface area contributed by atoms with E-state index in [9.17, 15) is 0 Å². The Morgan fingerprint density at radius 3 is 1.43 bits per heavy atom. The van der Waals surface area contributed by atoms with Crippen LogP contribution in [0.3, 0.4) is 0 Å². The Kier molecular flexibility index (Phi) is 10.6. The number of nitrogens with zero attached hydrogens (tertiary/aromatic N) is 3. The van der Waals surface area contributed by atoms with E-state index in [1.807, 2.05) is 0 Å². The SMILES string of the molecule is c1ccc(-c2cccc(-c3cccc4oc5ccc(-n6c7ccccc7c7c(-n8c9ccccc9c9c([Si](c%10ccccc%10)(c%10ccccc%10)c%10cccc(-n%11c%12ccccc%12c%12ccccc%12%11)c%10)cccc98)cccc76)cc5c34)c2)cc1. The van der Waals surface area contributed by atoms with E-state index in [1.165, 1.54) is 80.7 Å². The highest BCUT2D eigenvalue weighted by Gasteiger charge is 2.43. The molecule has 4 nitrogen and oxygen atoms in total. The van der Waals surface area contributed by atoms with Gasteiger partial charge < -0.3 is 18.1 Å². The van der Waals surface area contributed by atoms with Crippen LogP contribution in [0, 0.1) is 0 Å². The molecular formula is C78H51N3OSi. The van der Waals surface area contributed by atoms with Gasteiger partial charge in [-0.15, -0.1) is 0 Å². The normalized spacial score (nSPS) is 12.1. The molecule has 0 aliphatic heterocycles. The average molecular weight is 1070 g/mol. The molecule has 83 heavy (non-hydrogen) atoms. The zero-order valence-corrected chi connectivity index (χ0v) is 46.2. The summed E-state index contributed by atoms with van der Waals surface area (Å²) < 4.78 is 14.2. The van der Waals surface area contributed by atoms with Gasteiger partial charge in [0.2, 0.25) is 0 Å². The van der Waals surface area contributed by atoms with Gasteiger partial charge in [0.1, 0.15) is 11.2 Å². The molecule has 0 aliphatic rings. The molecule has 4 heterocycles. The molecule has 0 N–H and O–H groups in total. The minimum absolute atomic E-state index is 0.863. The van der Waals surface area contributed by atoms with Gasteiger partial charge in [-0.1, -0.05) is 224 Å². The van der Waals surface area contributed by atoms with Crippen LogP contribution in [-0.2, 0) is 0 Å². The fourth-order valence-electron chi connectivity index (χ4n) is 14.2. The third-order valence-electron chi connectivity index (χ3n) is 17.6. The molecule has 17 rings (SSSR count). The maximum absolute atomic E-state index is 6.69. The number of hydrogen-bond acceptors (Lipinski definition) is 1. The van der Waals surface area contributed by atoms with Crippen LogP contribution in [-0.4, -0.2) is 21.8 Å². The lowest BCUT2D eigenvalue weighted by molar-refractivity contribution is 0.669. The van der Waals surface area contributed by atoms with Crippen molar-refractivity contribution in [3.8, 4) is 39.3 Å². The molecule has 0 aliphatic carbocycles. The number of benzene rings is 13. The quantitative estimate of drug-likeness (QED) is 0.105. The molecule has 0 saturated heterocycles. The van der Waals surface area contributed by atoms with E-state index in [0.29, 0.717) is 0 Å². The predicted molar refractivity (Wildman–Crippen MR) is 351 cm³/mol. The largest absolute Gasteiger partial charge is 0.456 e. The van der Waals surface area contributed by atoms with Gasteiger partial charge in [-0.3, -0.25) is 0 Å². The maximum Gasteiger partial charge on any atom is 0.180 e. The van der Waals surface area contributed by atoms with Gasteiger partial charge in [0, 0.05) is 54.5 Å². The smallest absolute Gasteiger partial charge is 0.180 e. The first-order valence-electron chi connectivity index (χ1n) is 28.6. The minimum atomic E-state index is -3.20. The molecule has 0 atom stereocenters. The summed E-state index contributed by atoms with van der Waals surface area (Å²) >= 11 is 0. The highest BCUT2D eigenvalue weighted by Crippen LogP contribution is 2.43. The number of aromatic nitrogens is 3. The van der Waals surface area contributed by atoms with Crippen molar-refractivity contribution in [3.63, 3.8) is 0 Å². The highest BCUT2D eigenvalue weighted by atomic mass is 28.3. The summed E-state index contributed by atoms with van der Waals surface area (Å²) in [5, 5.41) is 14.9. The van der Waals surface area contributed by atoms with Gasteiger partial charge in [-0.2, -0.15) is 0 Å². The van der Waals surface area contributed by atoms with Crippen molar-refractivity contribution in [2.75, 3.05) is 0 Å². The van der Waals surface area contributed by atoms with Gasteiger partial charge >= 0.3 is 0 Å². The van der Waals surface area contributed by atoms with E-state index >= 15 is 0 Å². The van der Waals surface area contributed by atoms with Crippen LogP contribution in [0.2, 0.25) is 0 Å². The molecule has 0 spiro atoms. The monoisotopic (exact) mass is 1070 g/mol. The molecule has 0 radical (unpaired) electrons. The van der Waals surface area contributed by atoms with E-state index in [2.05, 4.69) is 323 Å². The second kappa shape index (κ2) is 18.7. The molecule has 0 bridgehead atoms. The second-order valence-electron chi connectivity index (χ2n) is 21.9. The van der Waals surface area contributed by atoms with E-state index in [1.54, 1.807) is 0 Å². The summed E-state index contributed by atoms with van der Waals surface area (Å²) in [5.41, 5.74) is 16.8. The van der Waals surface area contributed by atoms with Crippen molar-refractivity contribution < 1.29 is 4.42 Å². The molecule has 0 unspecified atom stereocenters. The van der Waals surface area contributed by atoms with Crippen LogP contribution in [0.1, 0.15) is 0 Å². The molecule has 13 aromatic carbocycles. The van der Waals surface area contributed by atoms with Crippen LogP contribution in [0.15, 0.2) is 314 Å². The zero-order chi connectivity index (χ0) is 54.6. The van der Waals surface area contributed by atoms with Gasteiger partial charge in [0.25, 0.3) is 0 Å². The standard InChI is InChI=1S/C78H51N3OSi/c1-4-23-52(24-5-1)53-25-18-26-54(49-53)60-37-20-45-74-76(60)65-51-56(47-48-73(65)82-74)80-68-40-16-12-35-63(68)77-70(80)42-21-43-71(77)81-69-41-17-13-36-64(69)78-72(81)44-22-46-75(78)83(57-28-6-2-7-29-57,58-30-8-3-9-31-58)59-32-19-27-55(50-59)79-66-38-14-10-33-61(66)62-34-11-15-39-67(62)79/h1-51H. The first kappa shape index (κ1) is 47.1. The van der Waals surface area contributed by atoms with Crippen LogP contribution < -0.4 is 20.7 Å². The fraction of sp³-hybridized carbons (Fsp3) is 0. The fourth-order valence-corrected chi connectivity index (χ4v) is 19.2. The molecule has 0 fully saturated rings. The van der Waals surface area contributed by atoms with Crippen molar-refractivity contribution >= 4 is 116 Å². The lowest BCUT2D eigenvalue weighted by Crippen LogP contribution is -2.74. The Labute approximate surface area is 480 Å².